The minimum absolute atomic E-state index is 0.141. The highest BCUT2D eigenvalue weighted by Crippen LogP contribution is 2.28. The van der Waals surface area contributed by atoms with Crippen LogP contribution < -0.4 is 10.5 Å². The Morgan fingerprint density at radius 3 is 2.70 bits per heavy atom. The third-order valence-electron chi connectivity index (χ3n) is 3.71. The van der Waals surface area contributed by atoms with Crippen LogP contribution in [0.15, 0.2) is 4.90 Å². The summed E-state index contributed by atoms with van der Waals surface area (Å²) >= 11 is 0. The average molecular weight is 300 g/mol. The van der Waals surface area contributed by atoms with Gasteiger partial charge in [0.15, 0.2) is 5.69 Å². The Labute approximate surface area is 118 Å². The standard InChI is InChI=1S/C12H20N4O3S/c1-2-9-11(20(13,18)19)10(16-15-9)12(17)14-7-6-8-4-3-5-8/h8H,2-7H2,1H3,(H,14,17)(H,15,16)(H2,13,18,19). The highest BCUT2D eigenvalue weighted by Gasteiger charge is 2.26. The molecule has 2 rings (SSSR count). The number of primary sulfonamides is 1. The summed E-state index contributed by atoms with van der Waals surface area (Å²) in [6, 6.07) is 0. The number of aromatic amines is 1. The number of aromatic nitrogens is 2. The summed E-state index contributed by atoms with van der Waals surface area (Å²) < 4.78 is 23.1. The Bertz CT molecular complexity index is 590. The molecule has 0 aliphatic heterocycles. The maximum atomic E-state index is 12.0. The number of H-pyrrole nitrogens is 1. The second-order valence-electron chi connectivity index (χ2n) is 5.12. The van der Waals surface area contributed by atoms with E-state index in [1.54, 1.807) is 6.92 Å². The summed E-state index contributed by atoms with van der Waals surface area (Å²) in [6.45, 7) is 2.29. The Kier molecular flexibility index (Phi) is 4.44. The molecule has 1 aliphatic rings. The van der Waals surface area contributed by atoms with Gasteiger partial charge in [0.25, 0.3) is 5.91 Å². The lowest BCUT2D eigenvalue weighted by atomic mass is 9.83. The third-order valence-corrected chi connectivity index (χ3v) is 4.72. The topological polar surface area (TPSA) is 118 Å². The number of nitrogens with zero attached hydrogens (tertiary/aromatic N) is 1. The first kappa shape index (κ1) is 15.0. The van der Waals surface area contributed by atoms with Gasteiger partial charge in [0.2, 0.25) is 10.0 Å². The highest BCUT2D eigenvalue weighted by molar-refractivity contribution is 7.89. The van der Waals surface area contributed by atoms with Gasteiger partial charge in [-0.05, 0) is 18.8 Å². The van der Waals surface area contributed by atoms with E-state index >= 15 is 0 Å². The predicted octanol–water partition coefficient (Wildman–Crippen LogP) is 0.539. The molecule has 20 heavy (non-hydrogen) atoms. The first-order valence-corrected chi connectivity index (χ1v) is 8.36. The van der Waals surface area contributed by atoms with Gasteiger partial charge >= 0.3 is 0 Å². The molecular formula is C12H20N4O3S. The van der Waals surface area contributed by atoms with E-state index in [2.05, 4.69) is 15.5 Å². The first-order valence-electron chi connectivity index (χ1n) is 6.81. The lowest BCUT2D eigenvalue weighted by Crippen LogP contribution is -2.29. The van der Waals surface area contributed by atoms with Crippen LogP contribution >= 0.6 is 0 Å². The number of carbonyl (C=O) groups excluding carboxylic acids is 1. The van der Waals surface area contributed by atoms with Crippen LogP contribution in [0.4, 0.5) is 0 Å². The molecule has 4 N–H and O–H groups in total. The van der Waals surface area contributed by atoms with E-state index in [-0.39, 0.29) is 10.6 Å². The van der Waals surface area contributed by atoms with Crippen LogP contribution in [-0.4, -0.2) is 31.1 Å². The summed E-state index contributed by atoms with van der Waals surface area (Å²) in [5.74, 6) is 0.183. The average Bonchev–Trinajstić information content (AvgIpc) is 2.75. The lowest BCUT2D eigenvalue weighted by molar-refractivity contribution is 0.0940. The van der Waals surface area contributed by atoms with Crippen molar-refractivity contribution in [1.82, 2.24) is 15.5 Å². The zero-order valence-corrected chi connectivity index (χ0v) is 12.3. The van der Waals surface area contributed by atoms with Gasteiger partial charge in [-0.25, -0.2) is 13.6 Å². The molecule has 1 heterocycles. The van der Waals surface area contributed by atoms with Crippen LogP contribution in [0, 0.1) is 5.92 Å². The number of hydrogen-bond donors (Lipinski definition) is 3. The second-order valence-corrected chi connectivity index (χ2v) is 6.62. The van der Waals surface area contributed by atoms with E-state index in [1.165, 1.54) is 19.3 Å². The number of rotatable bonds is 6. The van der Waals surface area contributed by atoms with Gasteiger partial charge in [0, 0.05) is 6.54 Å². The van der Waals surface area contributed by atoms with Gasteiger partial charge in [-0.15, -0.1) is 0 Å². The SMILES string of the molecule is CCc1[nH]nc(C(=O)NCCC2CCC2)c1S(N)(=O)=O. The van der Waals surface area contributed by atoms with Crippen LogP contribution in [0.3, 0.4) is 0 Å². The quantitative estimate of drug-likeness (QED) is 0.710. The van der Waals surface area contributed by atoms with E-state index in [4.69, 9.17) is 5.14 Å². The molecule has 7 nitrogen and oxygen atoms in total. The number of hydrogen-bond acceptors (Lipinski definition) is 4. The molecule has 0 radical (unpaired) electrons. The molecule has 1 aliphatic carbocycles. The Morgan fingerprint density at radius 1 is 1.50 bits per heavy atom. The Hall–Kier alpha value is -1.41. The van der Waals surface area contributed by atoms with Gasteiger partial charge in [0.1, 0.15) is 4.90 Å². The van der Waals surface area contributed by atoms with Gasteiger partial charge in [0.05, 0.1) is 5.69 Å². The summed E-state index contributed by atoms with van der Waals surface area (Å²) in [6.07, 6.45) is 5.00. The molecule has 0 aromatic carbocycles. The van der Waals surface area contributed by atoms with E-state index in [9.17, 15) is 13.2 Å². The highest BCUT2D eigenvalue weighted by atomic mass is 32.2. The first-order chi connectivity index (χ1) is 9.43. The largest absolute Gasteiger partial charge is 0.351 e. The fourth-order valence-corrected chi connectivity index (χ4v) is 3.26. The van der Waals surface area contributed by atoms with Crippen molar-refractivity contribution in [3.05, 3.63) is 11.4 Å². The molecule has 112 valence electrons. The molecule has 1 aromatic rings. The molecule has 1 amide bonds. The van der Waals surface area contributed by atoms with Crippen molar-refractivity contribution < 1.29 is 13.2 Å². The second kappa shape index (κ2) is 5.92. The number of sulfonamides is 1. The summed E-state index contributed by atoms with van der Waals surface area (Å²) in [4.78, 5) is 11.8. The fourth-order valence-electron chi connectivity index (χ4n) is 2.32. The summed E-state index contributed by atoms with van der Waals surface area (Å²) in [5, 5.41) is 14.2. The van der Waals surface area contributed by atoms with Crippen LogP contribution in [0.1, 0.15) is 48.8 Å². The van der Waals surface area contributed by atoms with E-state index in [0.717, 1.165) is 6.42 Å². The van der Waals surface area contributed by atoms with Crippen LogP contribution in [0.5, 0.6) is 0 Å². The molecule has 1 saturated carbocycles. The minimum Gasteiger partial charge on any atom is -0.351 e. The van der Waals surface area contributed by atoms with E-state index < -0.39 is 15.9 Å². The minimum atomic E-state index is -3.97. The maximum Gasteiger partial charge on any atom is 0.273 e. The molecule has 0 bridgehead atoms. The van der Waals surface area contributed by atoms with Crippen LogP contribution in [0.2, 0.25) is 0 Å². The molecule has 1 aromatic heterocycles. The number of nitrogens with two attached hydrogens (primary N) is 1. The van der Waals surface area contributed by atoms with Gasteiger partial charge in [-0.2, -0.15) is 5.10 Å². The smallest absolute Gasteiger partial charge is 0.273 e. The van der Waals surface area contributed by atoms with E-state index in [1.807, 2.05) is 0 Å². The van der Waals surface area contributed by atoms with Crippen molar-refractivity contribution in [2.24, 2.45) is 11.1 Å². The number of amides is 1. The zero-order chi connectivity index (χ0) is 14.8. The Morgan fingerprint density at radius 2 is 2.20 bits per heavy atom. The van der Waals surface area contributed by atoms with Crippen molar-refractivity contribution in [3.63, 3.8) is 0 Å². The fraction of sp³-hybridized carbons (Fsp3) is 0.667. The van der Waals surface area contributed by atoms with Crippen molar-refractivity contribution in [1.29, 1.82) is 0 Å². The van der Waals surface area contributed by atoms with Crippen molar-refractivity contribution in [2.75, 3.05) is 6.54 Å². The van der Waals surface area contributed by atoms with Gasteiger partial charge in [-0.3, -0.25) is 9.89 Å². The van der Waals surface area contributed by atoms with Gasteiger partial charge < -0.3 is 5.32 Å². The number of nitrogens with one attached hydrogen (secondary N) is 2. The molecule has 0 unspecified atom stereocenters. The Balaban J connectivity index is 2.07. The summed E-state index contributed by atoms with van der Waals surface area (Å²) in [7, 11) is -3.97. The molecular weight excluding hydrogens is 280 g/mol. The molecule has 0 atom stereocenters. The number of carbonyl (C=O) groups is 1. The van der Waals surface area contributed by atoms with E-state index in [0.29, 0.717) is 24.6 Å². The van der Waals surface area contributed by atoms with Crippen LogP contribution in [-0.2, 0) is 16.4 Å². The monoisotopic (exact) mass is 300 g/mol. The number of aryl methyl sites for hydroxylation is 1. The van der Waals surface area contributed by atoms with Crippen molar-refractivity contribution in [2.45, 2.75) is 43.9 Å². The molecule has 0 spiro atoms. The third kappa shape index (κ3) is 3.18. The van der Waals surface area contributed by atoms with Crippen LogP contribution in [0.25, 0.3) is 0 Å². The maximum absolute atomic E-state index is 12.0. The summed E-state index contributed by atoms with van der Waals surface area (Å²) in [5.41, 5.74) is 0.217. The molecule has 8 heteroatoms. The molecule has 1 fully saturated rings. The normalized spacial score (nSPS) is 15.9. The zero-order valence-electron chi connectivity index (χ0n) is 11.5. The lowest BCUT2D eigenvalue weighted by Gasteiger charge is -2.25. The van der Waals surface area contributed by atoms with Crippen molar-refractivity contribution >= 4 is 15.9 Å². The molecule has 0 saturated heterocycles. The van der Waals surface area contributed by atoms with Gasteiger partial charge in [-0.1, -0.05) is 26.2 Å². The van der Waals surface area contributed by atoms with Crippen molar-refractivity contribution in [3.8, 4) is 0 Å². The predicted molar refractivity (Wildman–Crippen MR) is 73.6 cm³/mol.